The van der Waals surface area contributed by atoms with Crippen LogP contribution in [0.5, 0.6) is 11.5 Å². The molecule has 4 rings (SSSR count). The van der Waals surface area contributed by atoms with Crippen LogP contribution in [-0.4, -0.2) is 35.1 Å². The SMILES string of the molecule is CCOc1cc2c(cc1CN1C(=O)NC3(CC3)C1=O)O[C@@H](C)C2. The van der Waals surface area contributed by atoms with Crippen molar-refractivity contribution < 1.29 is 19.1 Å². The molecule has 0 aromatic heterocycles. The van der Waals surface area contributed by atoms with E-state index in [1.807, 2.05) is 26.0 Å². The second-order valence-corrected chi connectivity index (χ2v) is 6.54. The summed E-state index contributed by atoms with van der Waals surface area (Å²) < 4.78 is 11.5. The van der Waals surface area contributed by atoms with Gasteiger partial charge < -0.3 is 14.8 Å². The zero-order valence-corrected chi connectivity index (χ0v) is 13.3. The number of rotatable bonds is 4. The third-order valence-electron chi connectivity index (χ3n) is 4.70. The Hall–Kier alpha value is -2.24. The van der Waals surface area contributed by atoms with Crippen molar-refractivity contribution in [3.05, 3.63) is 23.3 Å². The molecule has 1 aromatic rings. The molecule has 0 unspecified atom stereocenters. The summed E-state index contributed by atoms with van der Waals surface area (Å²) >= 11 is 0. The van der Waals surface area contributed by atoms with Gasteiger partial charge in [-0.3, -0.25) is 9.69 Å². The molecule has 1 aliphatic carbocycles. The number of amides is 3. The molecule has 1 saturated heterocycles. The van der Waals surface area contributed by atoms with Crippen molar-refractivity contribution >= 4 is 11.9 Å². The number of hydrogen-bond donors (Lipinski definition) is 1. The molecule has 6 nitrogen and oxygen atoms in total. The maximum atomic E-state index is 12.4. The Morgan fingerprint density at radius 1 is 1.39 bits per heavy atom. The van der Waals surface area contributed by atoms with Crippen molar-refractivity contribution in [2.75, 3.05) is 6.61 Å². The van der Waals surface area contributed by atoms with Crippen LogP contribution in [0.15, 0.2) is 12.1 Å². The lowest BCUT2D eigenvalue weighted by Crippen LogP contribution is -2.32. The van der Waals surface area contributed by atoms with Crippen molar-refractivity contribution in [2.24, 2.45) is 0 Å². The van der Waals surface area contributed by atoms with Gasteiger partial charge in [0.05, 0.1) is 13.2 Å². The molecule has 1 N–H and O–H groups in total. The minimum atomic E-state index is -0.620. The van der Waals surface area contributed by atoms with Crippen LogP contribution in [0, 0.1) is 0 Å². The number of ether oxygens (including phenoxy) is 2. The lowest BCUT2D eigenvalue weighted by Gasteiger charge is -2.17. The number of nitrogens with one attached hydrogen (secondary N) is 1. The fraction of sp³-hybridized carbons (Fsp3) is 0.529. The van der Waals surface area contributed by atoms with E-state index in [-0.39, 0.29) is 24.6 Å². The Morgan fingerprint density at radius 2 is 2.17 bits per heavy atom. The number of nitrogens with zero attached hydrogens (tertiary/aromatic N) is 1. The Balaban J connectivity index is 1.64. The van der Waals surface area contributed by atoms with E-state index in [1.165, 1.54) is 4.90 Å². The van der Waals surface area contributed by atoms with E-state index >= 15 is 0 Å². The first kappa shape index (κ1) is 14.4. The van der Waals surface area contributed by atoms with Crippen LogP contribution in [0.4, 0.5) is 4.79 Å². The second kappa shape index (κ2) is 4.88. The van der Waals surface area contributed by atoms with E-state index in [0.29, 0.717) is 6.61 Å². The molecule has 0 bridgehead atoms. The number of benzene rings is 1. The molecular weight excluding hydrogens is 296 g/mol. The quantitative estimate of drug-likeness (QED) is 0.863. The summed E-state index contributed by atoms with van der Waals surface area (Å²) in [6.45, 7) is 4.69. The summed E-state index contributed by atoms with van der Waals surface area (Å²) in [6.07, 6.45) is 2.46. The molecular formula is C17H20N2O4. The smallest absolute Gasteiger partial charge is 0.325 e. The number of urea groups is 1. The van der Waals surface area contributed by atoms with Crippen LogP contribution in [0.2, 0.25) is 0 Å². The molecule has 2 heterocycles. The average molecular weight is 316 g/mol. The summed E-state index contributed by atoms with van der Waals surface area (Å²) in [7, 11) is 0. The van der Waals surface area contributed by atoms with Gasteiger partial charge in [0.15, 0.2) is 0 Å². The Morgan fingerprint density at radius 3 is 2.83 bits per heavy atom. The van der Waals surface area contributed by atoms with Crippen molar-refractivity contribution in [3.63, 3.8) is 0 Å². The first-order valence-electron chi connectivity index (χ1n) is 8.12. The normalized spacial score (nSPS) is 23.7. The molecule has 1 spiro atoms. The van der Waals surface area contributed by atoms with E-state index < -0.39 is 5.54 Å². The van der Waals surface area contributed by atoms with Crippen molar-refractivity contribution in [3.8, 4) is 11.5 Å². The van der Waals surface area contributed by atoms with Gasteiger partial charge in [-0.15, -0.1) is 0 Å². The van der Waals surface area contributed by atoms with Gasteiger partial charge in [-0.25, -0.2) is 4.79 Å². The highest BCUT2D eigenvalue weighted by Gasteiger charge is 2.59. The molecule has 1 saturated carbocycles. The number of carbonyl (C=O) groups is 2. The van der Waals surface area contributed by atoms with Gasteiger partial charge in [0.25, 0.3) is 5.91 Å². The van der Waals surface area contributed by atoms with Gasteiger partial charge in [-0.05, 0) is 38.8 Å². The van der Waals surface area contributed by atoms with Crippen molar-refractivity contribution in [1.29, 1.82) is 0 Å². The van der Waals surface area contributed by atoms with Gasteiger partial charge in [-0.2, -0.15) is 0 Å². The fourth-order valence-corrected chi connectivity index (χ4v) is 3.35. The highest BCUT2D eigenvalue weighted by atomic mass is 16.5. The summed E-state index contributed by atoms with van der Waals surface area (Å²) in [4.78, 5) is 25.8. The molecule has 1 atom stereocenters. The molecule has 23 heavy (non-hydrogen) atoms. The number of imide groups is 1. The van der Waals surface area contributed by atoms with Crippen LogP contribution < -0.4 is 14.8 Å². The molecule has 3 amide bonds. The lowest BCUT2D eigenvalue weighted by atomic mass is 10.1. The maximum absolute atomic E-state index is 12.4. The van der Waals surface area contributed by atoms with E-state index in [4.69, 9.17) is 9.47 Å². The summed E-state index contributed by atoms with van der Waals surface area (Å²) in [5.74, 6) is 1.42. The summed E-state index contributed by atoms with van der Waals surface area (Å²) in [5.41, 5.74) is 1.30. The zero-order chi connectivity index (χ0) is 16.2. The van der Waals surface area contributed by atoms with E-state index in [9.17, 15) is 9.59 Å². The highest BCUT2D eigenvalue weighted by Crippen LogP contribution is 2.42. The average Bonchev–Trinajstić information content (AvgIpc) is 3.13. The maximum Gasteiger partial charge on any atom is 0.325 e. The summed E-state index contributed by atoms with van der Waals surface area (Å²) in [5, 5.41) is 2.80. The van der Waals surface area contributed by atoms with E-state index in [2.05, 4.69) is 5.32 Å². The molecule has 2 fully saturated rings. The molecule has 1 aromatic carbocycles. The third kappa shape index (κ3) is 2.24. The Labute approximate surface area is 134 Å². The monoisotopic (exact) mass is 316 g/mol. The van der Waals surface area contributed by atoms with Crippen LogP contribution in [-0.2, 0) is 17.8 Å². The predicted molar refractivity (Wildman–Crippen MR) is 82.5 cm³/mol. The van der Waals surface area contributed by atoms with Crippen LogP contribution in [0.25, 0.3) is 0 Å². The fourth-order valence-electron chi connectivity index (χ4n) is 3.35. The molecule has 3 aliphatic rings. The molecule has 0 radical (unpaired) electrons. The van der Waals surface area contributed by atoms with Crippen LogP contribution in [0.1, 0.15) is 37.8 Å². The largest absolute Gasteiger partial charge is 0.494 e. The van der Waals surface area contributed by atoms with Gasteiger partial charge in [0.2, 0.25) is 0 Å². The van der Waals surface area contributed by atoms with E-state index in [1.54, 1.807) is 0 Å². The van der Waals surface area contributed by atoms with Crippen molar-refractivity contribution in [2.45, 2.75) is 51.3 Å². The molecule has 2 aliphatic heterocycles. The number of hydrogen-bond acceptors (Lipinski definition) is 4. The van der Waals surface area contributed by atoms with Gasteiger partial charge in [0, 0.05) is 17.5 Å². The minimum Gasteiger partial charge on any atom is -0.494 e. The first-order chi connectivity index (χ1) is 11.0. The zero-order valence-electron chi connectivity index (χ0n) is 13.3. The Bertz CT molecular complexity index is 696. The van der Waals surface area contributed by atoms with E-state index in [0.717, 1.165) is 41.9 Å². The van der Waals surface area contributed by atoms with Gasteiger partial charge in [-0.1, -0.05) is 0 Å². The van der Waals surface area contributed by atoms with Gasteiger partial charge in [0.1, 0.15) is 23.1 Å². The first-order valence-corrected chi connectivity index (χ1v) is 8.12. The molecule has 6 heteroatoms. The van der Waals surface area contributed by atoms with Crippen LogP contribution >= 0.6 is 0 Å². The predicted octanol–water partition coefficient (Wildman–Crippen LogP) is 1.99. The minimum absolute atomic E-state index is 0.125. The van der Waals surface area contributed by atoms with Crippen LogP contribution in [0.3, 0.4) is 0 Å². The molecule has 122 valence electrons. The standard InChI is InChI=1S/C17H20N2O4/c1-3-22-13-7-11-6-10(2)23-14(11)8-12(13)9-19-15(20)17(4-5-17)18-16(19)21/h7-8,10H,3-6,9H2,1-2H3,(H,18,21)/t10-/m0/s1. The number of carbonyl (C=O) groups excluding carboxylic acids is 2. The lowest BCUT2D eigenvalue weighted by molar-refractivity contribution is -0.128. The third-order valence-corrected chi connectivity index (χ3v) is 4.70. The topological polar surface area (TPSA) is 67.9 Å². The number of fused-ring (bicyclic) bond motifs is 1. The highest BCUT2D eigenvalue weighted by molar-refractivity contribution is 6.08. The van der Waals surface area contributed by atoms with Crippen molar-refractivity contribution in [1.82, 2.24) is 10.2 Å². The second-order valence-electron chi connectivity index (χ2n) is 6.54. The summed E-state index contributed by atoms with van der Waals surface area (Å²) in [6, 6.07) is 3.57. The Kier molecular flexibility index (Phi) is 3.04. The van der Waals surface area contributed by atoms with Gasteiger partial charge >= 0.3 is 6.03 Å².